The van der Waals surface area contributed by atoms with E-state index in [2.05, 4.69) is 39.5 Å². The van der Waals surface area contributed by atoms with Gasteiger partial charge in [-0.2, -0.15) is 12.6 Å². The van der Waals surface area contributed by atoms with E-state index < -0.39 is 0 Å². The molecule has 0 spiro atoms. The lowest BCUT2D eigenvalue weighted by Gasteiger charge is -2.23. The van der Waals surface area contributed by atoms with Gasteiger partial charge in [0.1, 0.15) is 11.5 Å². The van der Waals surface area contributed by atoms with Crippen LogP contribution < -0.4 is 9.47 Å². The number of methoxy groups -OCH3 is 1. The van der Waals surface area contributed by atoms with E-state index in [4.69, 9.17) is 9.47 Å². The zero-order valence-corrected chi connectivity index (χ0v) is 12.7. The van der Waals surface area contributed by atoms with Gasteiger partial charge in [0.2, 0.25) is 0 Å². The summed E-state index contributed by atoms with van der Waals surface area (Å²) in [4.78, 5) is 0. The quantitative estimate of drug-likeness (QED) is 0.619. The molecule has 3 heteroatoms. The van der Waals surface area contributed by atoms with Crippen LogP contribution in [0.4, 0.5) is 0 Å². The van der Waals surface area contributed by atoms with Crippen molar-refractivity contribution >= 4 is 12.6 Å². The molecule has 0 aliphatic rings. The Hall–Kier alpha value is -0.830. The molecule has 18 heavy (non-hydrogen) atoms. The Balaban J connectivity index is 2.82. The van der Waals surface area contributed by atoms with Crippen LogP contribution in [-0.4, -0.2) is 19.5 Å². The maximum absolute atomic E-state index is 5.88. The molecule has 0 aromatic heterocycles. The van der Waals surface area contributed by atoms with E-state index in [1.54, 1.807) is 7.11 Å². The maximum Gasteiger partial charge on any atom is 0.123 e. The third-order valence-electron chi connectivity index (χ3n) is 2.80. The fraction of sp³-hybridized carbons (Fsp3) is 0.600. The second-order valence-corrected chi connectivity index (χ2v) is 5.84. The average molecular weight is 268 g/mol. The van der Waals surface area contributed by atoms with E-state index in [1.807, 2.05) is 12.1 Å². The van der Waals surface area contributed by atoms with E-state index in [0.29, 0.717) is 0 Å². The highest BCUT2D eigenvalue weighted by Gasteiger charge is 2.19. The largest absolute Gasteiger partial charge is 0.497 e. The van der Waals surface area contributed by atoms with Crippen LogP contribution in [0, 0.1) is 0 Å². The predicted molar refractivity (Wildman–Crippen MR) is 80.3 cm³/mol. The zero-order valence-electron chi connectivity index (χ0n) is 11.8. The molecule has 2 nitrogen and oxygen atoms in total. The van der Waals surface area contributed by atoms with Gasteiger partial charge in [-0.25, -0.2) is 0 Å². The summed E-state index contributed by atoms with van der Waals surface area (Å²) < 4.78 is 11.2. The maximum atomic E-state index is 5.88. The van der Waals surface area contributed by atoms with Crippen molar-refractivity contribution in [2.75, 3.05) is 19.5 Å². The van der Waals surface area contributed by atoms with Crippen molar-refractivity contribution in [2.24, 2.45) is 0 Å². The Labute approximate surface area is 116 Å². The normalized spacial score (nSPS) is 11.4. The highest BCUT2D eigenvalue weighted by molar-refractivity contribution is 7.80. The van der Waals surface area contributed by atoms with Gasteiger partial charge in [-0.15, -0.1) is 0 Å². The minimum atomic E-state index is 0.0490. The van der Waals surface area contributed by atoms with Crippen LogP contribution in [0.25, 0.3) is 0 Å². The molecule has 0 heterocycles. The Morgan fingerprint density at radius 1 is 1.17 bits per heavy atom. The zero-order chi connectivity index (χ0) is 13.6. The van der Waals surface area contributed by atoms with Gasteiger partial charge in [0.15, 0.2) is 0 Å². The molecule has 0 saturated heterocycles. The highest BCUT2D eigenvalue weighted by Crippen LogP contribution is 2.34. The first kappa shape index (κ1) is 15.2. The van der Waals surface area contributed by atoms with Gasteiger partial charge in [-0.3, -0.25) is 0 Å². The second kappa shape index (κ2) is 6.93. The van der Waals surface area contributed by atoms with Gasteiger partial charge in [0.05, 0.1) is 13.7 Å². The molecule has 1 aromatic carbocycles. The van der Waals surface area contributed by atoms with Gasteiger partial charge in [0, 0.05) is 5.56 Å². The van der Waals surface area contributed by atoms with Crippen molar-refractivity contribution in [1.29, 1.82) is 0 Å². The number of unbranched alkanes of at least 4 members (excludes halogenated alkanes) is 1. The molecular formula is C15H24O2S. The summed E-state index contributed by atoms with van der Waals surface area (Å²) in [6, 6.07) is 6.01. The van der Waals surface area contributed by atoms with Crippen LogP contribution in [-0.2, 0) is 5.41 Å². The first-order valence-corrected chi connectivity index (χ1v) is 7.04. The molecule has 0 unspecified atom stereocenters. The van der Waals surface area contributed by atoms with E-state index in [1.165, 1.54) is 5.56 Å². The van der Waals surface area contributed by atoms with Gasteiger partial charge in [-0.1, -0.05) is 20.8 Å². The third kappa shape index (κ3) is 4.45. The molecule has 102 valence electrons. The Bertz CT molecular complexity index is 369. The van der Waals surface area contributed by atoms with E-state index in [9.17, 15) is 0 Å². The van der Waals surface area contributed by atoms with Gasteiger partial charge in [-0.05, 0) is 42.2 Å². The number of hydrogen-bond acceptors (Lipinski definition) is 3. The van der Waals surface area contributed by atoms with Crippen molar-refractivity contribution < 1.29 is 9.47 Å². The van der Waals surface area contributed by atoms with Crippen LogP contribution >= 0.6 is 12.6 Å². The Morgan fingerprint density at radius 2 is 1.89 bits per heavy atom. The molecule has 0 atom stereocenters. The molecule has 0 aliphatic heterocycles. The van der Waals surface area contributed by atoms with Gasteiger partial charge >= 0.3 is 0 Å². The summed E-state index contributed by atoms with van der Waals surface area (Å²) in [6.07, 6.45) is 2.13. The van der Waals surface area contributed by atoms with Gasteiger partial charge < -0.3 is 9.47 Å². The number of thiol groups is 1. The fourth-order valence-electron chi connectivity index (χ4n) is 1.74. The SMILES string of the molecule is COc1ccc(OCCCCS)c(C(C)(C)C)c1. The summed E-state index contributed by atoms with van der Waals surface area (Å²) in [5, 5.41) is 0. The second-order valence-electron chi connectivity index (χ2n) is 5.39. The van der Waals surface area contributed by atoms with Crippen LogP contribution in [0.5, 0.6) is 11.5 Å². The first-order chi connectivity index (χ1) is 8.49. The lowest BCUT2D eigenvalue weighted by atomic mass is 9.86. The smallest absolute Gasteiger partial charge is 0.123 e. The molecule has 0 N–H and O–H groups in total. The summed E-state index contributed by atoms with van der Waals surface area (Å²) in [5.74, 6) is 2.75. The molecular weight excluding hydrogens is 244 g/mol. The summed E-state index contributed by atoms with van der Waals surface area (Å²) in [5.41, 5.74) is 1.24. The van der Waals surface area contributed by atoms with E-state index in [-0.39, 0.29) is 5.41 Å². The standard InChI is InChI=1S/C15H24O2S/c1-15(2,3)13-11-12(16-4)7-8-14(13)17-9-5-6-10-18/h7-8,11,18H,5-6,9-10H2,1-4H3. The molecule has 0 fully saturated rings. The van der Waals surface area contributed by atoms with E-state index in [0.717, 1.165) is 36.7 Å². The number of benzene rings is 1. The Morgan fingerprint density at radius 3 is 2.44 bits per heavy atom. The van der Waals surface area contributed by atoms with E-state index >= 15 is 0 Å². The molecule has 0 radical (unpaired) electrons. The van der Waals surface area contributed by atoms with Crippen molar-refractivity contribution in [2.45, 2.75) is 39.0 Å². The molecule has 1 aromatic rings. The lowest BCUT2D eigenvalue weighted by molar-refractivity contribution is 0.300. The van der Waals surface area contributed by atoms with Crippen LogP contribution in [0.2, 0.25) is 0 Å². The summed E-state index contributed by atoms with van der Waals surface area (Å²) in [6.45, 7) is 7.29. The first-order valence-electron chi connectivity index (χ1n) is 6.41. The average Bonchev–Trinajstić information content (AvgIpc) is 2.33. The molecule has 0 bridgehead atoms. The minimum absolute atomic E-state index is 0.0490. The van der Waals surface area contributed by atoms with Crippen LogP contribution in [0.15, 0.2) is 18.2 Å². The fourth-order valence-corrected chi connectivity index (χ4v) is 1.97. The van der Waals surface area contributed by atoms with Crippen molar-refractivity contribution in [3.8, 4) is 11.5 Å². The molecule has 0 saturated carbocycles. The summed E-state index contributed by atoms with van der Waals surface area (Å²) >= 11 is 4.20. The topological polar surface area (TPSA) is 18.5 Å². The van der Waals surface area contributed by atoms with Crippen LogP contribution in [0.3, 0.4) is 0 Å². The van der Waals surface area contributed by atoms with Crippen molar-refractivity contribution in [3.63, 3.8) is 0 Å². The third-order valence-corrected chi connectivity index (χ3v) is 3.12. The van der Waals surface area contributed by atoms with Crippen LogP contribution in [0.1, 0.15) is 39.2 Å². The summed E-state index contributed by atoms with van der Waals surface area (Å²) in [7, 11) is 1.69. The predicted octanol–water partition coefficient (Wildman–Crippen LogP) is 4.08. The monoisotopic (exact) mass is 268 g/mol. The number of rotatable bonds is 6. The molecule has 1 rings (SSSR count). The number of hydrogen-bond donors (Lipinski definition) is 1. The molecule has 0 aliphatic carbocycles. The van der Waals surface area contributed by atoms with Crippen molar-refractivity contribution in [1.82, 2.24) is 0 Å². The molecule has 0 amide bonds. The minimum Gasteiger partial charge on any atom is -0.497 e. The highest BCUT2D eigenvalue weighted by atomic mass is 32.1. The lowest BCUT2D eigenvalue weighted by Crippen LogP contribution is -2.14. The number of ether oxygens (including phenoxy) is 2. The van der Waals surface area contributed by atoms with Crippen molar-refractivity contribution in [3.05, 3.63) is 23.8 Å². The van der Waals surface area contributed by atoms with Gasteiger partial charge in [0.25, 0.3) is 0 Å². The Kier molecular flexibility index (Phi) is 5.86.